The van der Waals surface area contributed by atoms with E-state index >= 15 is 0 Å². The molecule has 8 heteroatoms. The number of anilines is 1. The molecule has 1 N–H and O–H groups in total. The summed E-state index contributed by atoms with van der Waals surface area (Å²) in [5.74, 6) is 3.95. The quantitative estimate of drug-likeness (QED) is 0.614. The topological polar surface area (TPSA) is 70.8 Å². The number of ether oxygens (including phenoxy) is 1. The van der Waals surface area contributed by atoms with Crippen LogP contribution < -0.4 is 15.0 Å². The first-order chi connectivity index (χ1) is 14.3. The van der Waals surface area contributed by atoms with Gasteiger partial charge in [-0.05, 0) is 44.0 Å². The van der Waals surface area contributed by atoms with Crippen molar-refractivity contribution >= 4 is 11.6 Å². The van der Waals surface area contributed by atoms with Gasteiger partial charge >= 0.3 is 0 Å². The van der Waals surface area contributed by atoms with Crippen LogP contribution in [0.4, 0.5) is 5.69 Å². The largest absolute Gasteiger partial charge is 0.497 e. The summed E-state index contributed by atoms with van der Waals surface area (Å²) in [6, 6.07) is 8.30. The number of benzene rings is 1. The van der Waals surface area contributed by atoms with Crippen molar-refractivity contribution in [2.75, 3.05) is 44.7 Å². The molecule has 0 radical (unpaired) electrons. The molecule has 156 valence electrons. The third-order valence-corrected chi connectivity index (χ3v) is 5.66. The number of aromatic nitrogens is 3. The summed E-state index contributed by atoms with van der Waals surface area (Å²) in [7, 11) is 1.70. The minimum absolute atomic E-state index is 0.577. The number of nitrogens with zero attached hydrogens (tertiary/aromatic N) is 6. The molecule has 0 atom stereocenters. The number of aliphatic imine (C=N–C) groups is 1. The Morgan fingerprint density at radius 1 is 1.07 bits per heavy atom. The van der Waals surface area contributed by atoms with E-state index in [-0.39, 0.29) is 0 Å². The fraction of sp³-hybridized carbons (Fsp3) is 0.571. The molecular formula is C21H31N7O. The van der Waals surface area contributed by atoms with Crippen LogP contribution in [0.2, 0.25) is 0 Å². The summed E-state index contributed by atoms with van der Waals surface area (Å²) in [6.45, 7) is 8.38. The van der Waals surface area contributed by atoms with Gasteiger partial charge in [-0.25, -0.2) is 4.99 Å². The lowest BCUT2D eigenvalue weighted by Crippen LogP contribution is -2.52. The summed E-state index contributed by atoms with van der Waals surface area (Å²) in [5.41, 5.74) is 1.24. The van der Waals surface area contributed by atoms with Crippen molar-refractivity contribution in [3.63, 3.8) is 0 Å². The second kappa shape index (κ2) is 9.15. The molecule has 3 heterocycles. The summed E-state index contributed by atoms with van der Waals surface area (Å²) in [6.07, 6.45) is 3.45. The Morgan fingerprint density at radius 3 is 2.59 bits per heavy atom. The van der Waals surface area contributed by atoms with Crippen LogP contribution in [0.1, 0.15) is 31.4 Å². The van der Waals surface area contributed by atoms with Gasteiger partial charge in [0, 0.05) is 51.4 Å². The number of hydrogen-bond acceptors (Lipinski definition) is 5. The van der Waals surface area contributed by atoms with Gasteiger partial charge in [0.05, 0.1) is 7.11 Å². The van der Waals surface area contributed by atoms with E-state index in [1.54, 1.807) is 7.11 Å². The zero-order chi connectivity index (χ0) is 20.1. The highest BCUT2D eigenvalue weighted by molar-refractivity contribution is 5.80. The summed E-state index contributed by atoms with van der Waals surface area (Å²) in [5, 5.41) is 12.2. The summed E-state index contributed by atoms with van der Waals surface area (Å²) in [4.78, 5) is 9.64. The molecule has 2 aromatic rings. The van der Waals surface area contributed by atoms with E-state index in [1.807, 2.05) is 12.1 Å². The van der Waals surface area contributed by atoms with Gasteiger partial charge in [-0.1, -0.05) is 0 Å². The molecule has 8 nitrogen and oxygen atoms in total. The number of rotatable bonds is 5. The Hall–Kier alpha value is -2.77. The monoisotopic (exact) mass is 397 g/mol. The Kier molecular flexibility index (Phi) is 6.17. The van der Waals surface area contributed by atoms with E-state index in [0.29, 0.717) is 6.54 Å². The van der Waals surface area contributed by atoms with Crippen molar-refractivity contribution in [1.82, 2.24) is 25.0 Å². The van der Waals surface area contributed by atoms with Crippen LogP contribution in [0.5, 0.6) is 5.75 Å². The molecule has 4 rings (SSSR count). The van der Waals surface area contributed by atoms with E-state index in [4.69, 9.17) is 9.73 Å². The normalized spacial score (nSPS) is 17.2. The fourth-order valence-electron chi connectivity index (χ4n) is 4.03. The molecule has 1 aromatic carbocycles. The maximum Gasteiger partial charge on any atom is 0.194 e. The number of guanidine groups is 1. The SMILES string of the molecule is CCNC(=NCc1nnc2n1CCCC2)N1CCN(c2ccc(OC)cc2)CC1. The van der Waals surface area contributed by atoms with Gasteiger partial charge < -0.3 is 24.4 Å². The average molecular weight is 398 g/mol. The first-order valence-corrected chi connectivity index (χ1v) is 10.6. The summed E-state index contributed by atoms with van der Waals surface area (Å²) >= 11 is 0. The maximum absolute atomic E-state index is 5.26. The molecule has 2 aliphatic heterocycles. The maximum atomic E-state index is 5.26. The lowest BCUT2D eigenvalue weighted by atomic mass is 10.2. The second-order valence-corrected chi connectivity index (χ2v) is 7.48. The van der Waals surface area contributed by atoms with E-state index in [9.17, 15) is 0 Å². The minimum Gasteiger partial charge on any atom is -0.497 e. The average Bonchev–Trinajstić information content (AvgIpc) is 3.20. The van der Waals surface area contributed by atoms with Crippen molar-refractivity contribution in [3.8, 4) is 5.75 Å². The van der Waals surface area contributed by atoms with Crippen molar-refractivity contribution < 1.29 is 4.74 Å². The molecular weight excluding hydrogens is 366 g/mol. The number of hydrogen-bond donors (Lipinski definition) is 1. The Labute approximate surface area is 172 Å². The predicted octanol–water partition coefficient (Wildman–Crippen LogP) is 1.91. The van der Waals surface area contributed by atoms with Crippen molar-refractivity contribution in [2.24, 2.45) is 4.99 Å². The van der Waals surface area contributed by atoms with Crippen LogP contribution in [-0.2, 0) is 19.5 Å². The van der Waals surface area contributed by atoms with Crippen molar-refractivity contribution in [1.29, 1.82) is 0 Å². The highest BCUT2D eigenvalue weighted by Gasteiger charge is 2.21. The smallest absolute Gasteiger partial charge is 0.194 e. The van der Waals surface area contributed by atoms with Gasteiger partial charge in [0.25, 0.3) is 0 Å². The van der Waals surface area contributed by atoms with Gasteiger partial charge in [-0.2, -0.15) is 0 Å². The molecule has 2 aliphatic rings. The predicted molar refractivity (Wildman–Crippen MR) is 115 cm³/mol. The molecule has 0 spiro atoms. The molecule has 0 aliphatic carbocycles. The van der Waals surface area contributed by atoms with Gasteiger partial charge in [-0.15, -0.1) is 10.2 Å². The fourth-order valence-corrected chi connectivity index (χ4v) is 4.03. The van der Waals surface area contributed by atoms with Crippen LogP contribution in [0.3, 0.4) is 0 Å². The van der Waals surface area contributed by atoms with Gasteiger partial charge in [0.1, 0.15) is 18.1 Å². The van der Waals surface area contributed by atoms with E-state index in [2.05, 4.69) is 48.9 Å². The first-order valence-electron chi connectivity index (χ1n) is 10.6. The Morgan fingerprint density at radius 2 is 1.86 bits per heavy atom. The number of nitrogens with one attached hydrogen (secondary N) is 1. The first kappa shape index (κ1) is 19.5. The van der Waals surface area contributed by atoms with Gasteiger partial charge in [0.2, 0.25) is 0 Å². The van der Waals surface area contributed by atoms with E-state index in [1.165, 1.54) is 18.5 Å². The zero-order valence-corrected chi connectivity index (χ0v) is 17.5. The van der Waals surface area contributed by atoms with Gasteiger partial charge in [0.15, 0.2) is 11.8 Å². The van der Waals surface area contributed by atoms with Crippen LogP contribution in [0, 0.1) is 0 Å². The molecule has 29 heavy (non-hydrogen) atoms. The second-order valence-electron chi connectivity index (χ2n) is 7.48. The zero-order valence-electron chi connectivity index (χ0n) is 17.5. The van der Waals surface area contributed by atoms with Crippen LogP contribution >= 0.6 is 0 Å². The highest BCUT2D eigenvalue weighted by atomic mass is 16.5. The Bertz CT molecular complexity index is 822. The highest BCUT2D eigenvalue weighted by Crippen LogP contribution is 2.20. The molecule has 1 saturated heterocycles. The van der Waals surface area contributed by atoms with Crippen molar-refractivity contribution in [3.05, 3.63) is 35.9 Å². The van der Waals surface area contributed by atoms with Crippen LogP contribution in [0.15, 0.2) is 29.3 Å². The number of methoxy groups -OCH3 is 1. The van der Waals surface area contributed by atoms with Gasteiger partial charge in [-0.3, -0.25) is 0 Å². The number of fused-ring (bicyclic) bond motifs is 1. The molecule has 0 bridgehead atoms. The lowest BCUT2D eigenvalue weighted by Gasteiger charge is -2.37. The van der Waals surface area contributed by atoms with Crippen LogP contribution in [0.25, 0.3) is 0 Å². The summed E-state index contributed by atoms with van der Waals surface area (Å²) < 4.78 is 7.51. The number of aryl methyl sites for hydroxylation is 1. The third kappa shape index (κ3) is 4.46. The molecule has 0 amide bonds. The minimum atomic E-state index is 0.577. The van der Waals surface area contributed by atoms with E-state index < -0.39 is 0 Å². The molecule has 0 saturated carbocycles. The van der Waals surface area contributed by atoms with Crippen molar-refractivity contribution in [2.45, 2.75) is 39.3 Å². The molecule has 1 fully saturated rings. The Balaban J connectivity index is 1.39. The third-order valence-electron chi connectivity index (χ3n) is 5.66. The molecule has 1 aromatic heterocycles. The van der Waals surface area contributed by atoms with Crippen LogP contribution in [-0.4, -0.2) is 65.5 Å². The van der Waals surface area contributed by atoms with E-state index in [0.717, 1.165) is 69.0 Å². The number of piperazine rings is 1. The standard InChI is InChI=1S/C21H31N7O/c1-3-22-21(23-16-20-25-24-19-6-4-5-11-28(19)20)27-14-12-26(13-15-27)17-7-9-18(29-2)10-8-17/h7-10H,3-6,11-16H2,1-2H3,(H,22,23). The lowest BCUT2D eigenvalue weighted by molar-refractivity contribution is 0.372. The molecule has 0 unspecified atom stereocenters.